The Morgan fingerprint density at radius 1 is 1.09 bits per heavy atom. The van der Waals surface area contributed by atoms with Gasteiger partial charge in [-0.15, -0.1) is 0 Å². The number of phenols is 1. The van der Waals surface area contributed by atoms with Crippen LogP contribution < -0.4 is 0 Å². The summed E-state index contributed by atoms with van der Waals surface area (Å²) in [5.74, 6) is 0.322. The fourth-order valence-corrected chi connectivity index (χ4v) is 0.428. The molecule has 0 amide bonds. The molecule has 0 atom stereocenters. The minimum Gasteiger partial charge on any atom is -0.508 e. The van der Waals surface area contributed by atoms with Crippen molar-refractivity contribution in [1.82, 2.24) is 0 Å². The summed E-state index contributed by atoms with van der Waals surface area (Å²) < 4.78 is 0. The van der Waals surface area contributed by atoms with Crippen LogP contribution in [0.15, 0.2) is 30.3 Å². The van der Waals surface area contributed by atoms with Gasteiger partial charge in [-0.3, -0.25) is 0 Å². The van der Waals surface area contributed by atoms with E-state index in [2.05, 4.69) is 0 Å². The second-order valence-electron chi connectivity index (χ2n) is 1.97. The third-order valence-corrected chi connectivity index (χ3v) is 0.756. The minimum absolute atomic E-state index is 0.322. The van der Waals surface area contributed by atoms with E-state index in [1.807, 2.05) is 6.07 Å². The van der Waals surface area contributed by atoms with Crippen LogP contribution >= 0.6 is 0 Å². The quantitative estimate of drug-likeness (QED) is 0.485. The van der Waals surface area contributed by atoms with Crippen LogP contribution in [0, 0.1) is 0 Å². The van der Waals surface area contributed by atoms with Crippen LogP contribution in [0.4, 0.5) is 0 Å². The molecule has 1 rings (SSSR count). The highest BCUT2D eigenvalue weighted by molar-refractivity contribution is 5.18. The van der Waals surface area contributed by atoms with Crippen molar-refractivity contribution in [3.8, 4) is 5.75 Å². The molecule has 0 aromatic heterocycles. The van der Waals surface area contributed by atoms with Gasteiger partial charge in [0.25, 0.3) is 0 Å². The fraction of sp³-hybridized carbons (Fsp3) is 0.250. The normalized spacial score (nSPS) is 8.73. The second-order valence-corrected chi connectivity index (χ2v) is 1.97. The number of hydrogen-bond donors (Lipinski definition) is 3. The molecule has 0 aliphatic carbocycles. The lowest BCUT2D eigenvalue weighted by Gasteiger charge is -1.82. The molecule has 0 fully saturated rings. The predicted octanol–water partition coefficient (Wildman–Crippen LogP) is 0.709. The van der Waals surface area contributed by atoms with E-state index in [-0.39, 0.29) is 0 Å². The van der Waals surface area contributed by atoms with Crippen LogP contribution in [0.5, 0.6) is 5.75 Å². The SMILES string of the molecule is CC(O)O.Oc1ccccc1. The monoisotopic (exact) mass is 156 g/mol. The Hall–Kier alpha value is -1.06. The molecule has 3 heteroatoms. The van der Waals surface area contributed by atoms with Crippen LogP contribution in [-0.4, -0.2) is 21.6 Å². The Morgan fingerprint density at radius 3 is 1.64 bits per heavy atom. The highest BCUT2D eigenvalue weighted by Gasteiger charge is 1.74. The standard InChI is InChI=1S/C6H6O.C2H6O2/c7-6-4-2-1-3-5-6;1-2(3)4/h1-5,7H;2-4H,1H3. The summed E-state index contributed by atoms with van der Waals surface area (Å²) in [5, 5.41) is 23.9. The van der Waals surface area contributed by atoms with Crippen molar-refractivity contribution in [2.75, 3.05) is 0 Å². The van der Waals surface area contributed by atoms with Gasteiger partial charge in [0, 0.05) is 0 Å². The fourth-order valence-electron chi connectivity index (χ4n) is 0.428. The number of rotatable bonds is 0. The number of benzene rings is 1. The zero-order chi connectivity index (χ0) is 8.69. The molecule has 0 radical (unpaired) electrons. The summed E-state index contributed by atoms with van der Waals surface area (Å²) in [4.78, 5) is 0. The Morgan fingerprint density at radius 2 is 1.45 bits per heavy atom. The van der Waals surface area contributed by atoms with E-state index in [1.54, 1.807) is 24.3 Å². The molecular weight excluding hydrogens is 144 g/mol. The first-order chi connectivity index (χ1) is 5.13. The maximum atomic E-state index is 8.63. The smallest absolute Gasteiger partial charge is 0.148 e. The second kappa shape index (κ2) is 5.70. The number of aromatic hydroxyl groups is 1. The van der Waals surface area contributed by atoms with Crippen LogP contribution in [0.1, 0.15) is 6.92 Å². The van der Waals surface area contributed by atoms with Gasteiger partial charge in [0.05, 0.1) is 0 Å². The lowest BCUT2D eigenvalue weighted by atomic mass is 10.3. The van der Waals surface area contributed by atoms with E-state index < -0.39 is 6.29 Å². The van der Waals surface area contributed by atoms with E-state index in [1.165, 1.54) is 6.92 Å². The number of phenolic OH excluding ortho intramolecular Hbond substituents is 1. The van der Waals surface area contributed by atoms with Gasteiger partial charge in [0.1, 0.15) is 12.0 Å². The van der Waals surface area contributed by atoms with Crippen LogP contribution in [0.25, 0.3) is 0 Å². The molecule has 62 valence electrons. The van der Waals surface area contributed by atoms with Gasteiger partial charge in [0.2, 0.25) is 0 Å². The van der Waals surface area contributed by atoms with E-state index in [0.717, 1.165) is 0 Å². The maximum absolute atomic E-state index is 8.63. The molecule has 0 bridgehead atoms. The summed E-state index contributed by atoms with van der Waals surface area (Å²) in [6.07, 6.45) is -1.17. The number of aliphatic hydroxyl groups is 2. The van der Waals surface area contributed by atoms with Crippen molar-refractivity contribution in [3.05, 3.63) is 30.3 Å². The Balaban J connectivity index is 0.000000218. The van der Waals surface area contributed by atoms with Crippen molar-refractivity contribution in [2.24, 2.45) is 0 Å². The molecule has 0 aliphatic heterocycles. The molecule has 0 aliphatic rings. The van der Waals surface area contributed by atoms with Crippen molar-refractivity contribution in [3.63, 3.8) is 0 Å². The molecule has 0 unspecified atom stereocenters. The Kier molecular flexibility index (Phi) is 5.15. The van der Waals surface area contributed by atoms with Crippen molar-refractivity contribution >= 4 is 0 Å². The molecule has 0 spiro atoms. The van der Waals surface area contributed by atoms with Gasteiger partial charge in [0.15, 0.2) is 0 Å². The predicted molar refractivity (Wildman–Crippen MR) is 42.0 cm³/mol. The van der Waals surface area contributed by atoms with Gasteiger partial charge < -0.3 is 15.3 Å². The van der Waals surface area contributed by atoms with E-state index in [9.17, 15) is 0 Å². The Bertz CT molecular complexity index is 169. The zero-order valence-electron chi connectivity index (χ0n) is 6.31. The summed E-state index contributed by atoms with van der Waals surface area (Å²) in [7, 11) is 0. The average molecular weight is 156 g/mol. The minimum atomic E-state index is -1.17. The maximum Gasteiger partial charge on any atom is 0.148 e. The van der Waals surface area contributed by atoms with Gasteiger partial charge in [-0.05, 0) is 19.1 Å². The molecule has 1 aromatic carbocycles. The lowest BCUT2D eigenvalue weighted by molar-refractivity contribution is -0.0228. The summed E-state index contributed by atoms with van der Waals surface area (Å²) in [5.41, 5.74) is 0. The highest BCUT2D eigenvalue weighted by Crippen LogP contribution is 2.02. The summed E-state index contributed by atoms with van der Waals surface area (Å²) in [6, 6.07) is 8.71. The number of aliphatic hydroxyl groups excluding tert-OH is 1. The first kappa shape index (κ1) is 9.94. The molecule has 3 nitrogen and oxygen atoms in total. The molecule has 0 saturated carbocycles. The average Bonchev–Trinajstić information content (AvgIpc) is 1.87. The number of hydrogen-bond acceptors (Lipinski definition) is 3. The third kappa shape index (κ3) is 8.94. The molecule has 3 N–H and O–H groups in total. The molecule has 0 heterocycles. The summed E-state index contributed by atoms with van der Waals surface area (Å²) >= 11 is 0. The van der Waals surface area contributed by atoms with Crippen molar-refractivity contribution in [2.45, 2.75) is 13.2 Å². The first-order valence-electron chi connectivity index (χ1n) is 3.23. The van der Waals surface area contributed by atoms with Crippen molar-refractivity contribution in [1.29, 1.82) is 0 Å². The van der Waals surface area contributed by atoms with Crippen LogP contribution in [0.2, 0.25) is 0 Å². The van der Waals surface area contributed by atoms with E-state index in [0.29, 0.717) is 5.75 Å². The van der Waals surface area contributed by atoms with Gasteiger partial charge >= 0.3 is 0 Å². The lowest BCUT2D eigenvalue weighted by Crippen LogP contribution is -1.92. The molecule has 11 heavy (non-hydrogen) atoms. The van der Waals surface area contributed by atoms with Crippen molar-refractivity contribution < 1.29 is 15.3 Å². The van der Waals surface area contributed by atoms with Gasteiger partial charge in [-0.1, -0.05) is 18.2 Å². The molecule has 1 aromatic rings. The topological polar surface area (TPSA) is 60.7 Å². The first-order valence-corrected chi connectivity index (χ1v) is 3.23. The largest absolute Gasteiger partial charge is 0.508 e. The van der Waals surface area contributed by atoms with E-state index >= 15 is 0 Å². The van der Waals surface area contributed by atoms with Gasteiger partial charge in [-0.2, -0.15) is 0 Å². The van der Waals surface area contributed by atoms with E-state index in [4.69, 9.17) is 15.3 Å². The molecular formula is C8H12O3. The Labute approximate surface area is 65.5 Å². The molecule has 0 saturated heterocycles. The highest BCUT2D eigenvalue weighted by atomic mass is 16.5. The van der Waals surface area contributed by atoms with Crippen LogP contribution in [-0.2, 0) is 0 Å². The zero-order valence-corrected chi connectivity index (χ0v) is 6.31. The van der Waals surface area contributed by atoms with Gasteiger partial charge in [-0.25, -0.2) is 0 Å². The third-order valence-electron chi connectivity index (χ3n) is 0.756. The van der Waals surface area contributed by atoms with Crippen LogP contribution in [0.3, 0.4) is 0 Å². The summed E-state index contributed by atoms with van der Waals surface area (Å²) in [6.45, 7) is 1.28. The number of para-hydroxylation sites is 1.